The third-order valence-corrected chi connectivity index (χ3v) is 1.48. The lowest BCUT2D eigenvalue weighted by Crippen LogP contribution is -2.07. The van der Waals surface area contributed by atoms with Crippen LogP contribution in [0.25, 0.3) is 0 Å². The first-order chi connectivity index (χ1) is 6.86. The van der Waals surface area contributed by atoms with Crippen molar-refractivity contribution in [2.24, 2.45) is 5.73 Å². The van der Waals surface area contributed by atoms with Gasteiger partial charge in [0.25, 0.3) is 0 Å². The minimum atomic E-state index is 0.476. The Kier molecular flexibility index (Phi) is 4.71. The lowest BCUT2D eigenvalue weighted by atomic mass is 10.5. The van der Waals surface area contributed by atoms with E-state index in [1.807, 2.05) is 6.92 Å². The van der Waals surface area contributed by atoms with Crippen LogP contribution in [0.1, 0.15) is 13.3 Å². The minimum Gasteiger partial charge on any atom is -0.477 e. The largest absolute Gasteiger partial charge is 0.477 e. The quantitative estimate of drug-likeness (QED) is 0.676. The molecule has 0 bridgehead atoms. The van der Waals surface area contributed by atoms with Crippen LogP contribution in [0, 0.1) is 0 Å². The summed E-state index contributed by atoms with van der Waals surface area (Å²) in [6, 6.07) is 0. The van der Waals surface area contributed by atoms with Crippen LogP contribution in [0.5, 0.6) is 11.8 Å². The first kappa shape index (κ1) is 10.7. The average Bonchev–Trinajstić information content (AvgIpc) is 2.19. The summed E-state index contributed by atoms with van der Waals surface area (Å²) < 4.78 is 10.5. The van der Waals surface area contributed by atoms with Gasteiger partial charge < -0.3 is 15.2 Å². The van der Waals surface area contributed by atoms with E-state index >= 15 is 0 Å². The molecule has 0 aliphatic heterocycles. The molecule has 0 radical (unpaired) electrons. The van der Waals surface area contributed by atoms with Gasteiger partial charge in [0.15, 0.2) is 0 Å². The van der Waals surface area contributed by atoms with Crippen molar-refractivity contribution in [3.05, 3.63) is 12.4 Å². The second kappa shape index (κ2) is 6.15. The molecule has 0 unspecified atom stereocenters. The number of ether oxygens (including phenoxy) is 2. The molecule has 0 saturated carbocycles. The summed E-state index contributed by atoms with van der Waals surface area (Å²) in [6.45, 7) is 3.63. The smallest absolute Gasteiger partial charge is 0.235 e. The fourth-order valence-corrected chi connectivity index (χ4v) is 0.878. The zero-order chi connectivity index (χ0) is 10.2. The van der Waals surface area contributed by atoms with Gasteiger partial charge in [-0.3, -0.25) is 4.98 Å². The molecule has 2 N–H and O–H groups in total. The van der Waals surface area contributed by atoms with Crippen LogP contribution in [0.15, 0.2) is 12.4 Å². The molecule has 0 amide bonds. The standard InChI is InChI=1S/C9H15N3O2/c1-2-13-8-6-11-7-9(12-8)14-5-3-4-10/h6-7H,2-5,10H2,1H3. The normalized spacial score (nSPS) is 9.86. The van der Waals surface area contributed by atoms with Gasteiger partial charge in [0.1, 0.15) is 0 Å². The first-order valence-corrected chi connectivity index (χ1v) is 4.64. The van der Waals surface area contributed by atoms with Gasteiger partial charge >= 0.3 is 0 Å². The third-order valence-electron chi connectivity index (χ3n) is 1.48. The van der Waals surface area contributed by atoms with Gasteiger partial charge in [-0.05, 0) is 19.9 Å². The highest BCUT2D eigenvalue weighted by molar-refractivity contribution is 5.12. The van der Waals surface area contributed by atoms with E-state index in [-0.39, 0.29) is 0 Å². The Morgan fingerprint density at radius 1 is 1.29 bits per heavy atom. The topological polar surface area (TPSA) is 70.3 Å². The van der Waals surface area contributed by atoms with E-state index in [9.17, 15) is 0 Å². The summed E-state index contributed by atoms with van der Waals surface area (Å²) in [5.74, 6) is 0.960. The molecule has 0 aliphatic rings. The van der Waals surface area contributed by atoms with Crippen LogP contribution in [0.2, 0.25) is 0 Å². The van der Waals surface area contributed by atoms with Crippen LogP contribution < -0.4 is 15.2 Å². The number of rotatable bonds is 6. The van der Waals surface area contributed by atoms with E-state index < -0.39 is 0 Å². The number of hydrogen-bond acceptors (Lipinski definition) is 5. The Balaban J connectivity index is 2.46. The van der Waals surface area contributed by atoms with Crippen molar-refractivity contribution in [3.8, 4) is 11.8 Å². The van der Waals surface area contributed by atoms with Crippen molar-refractivity contribution in [2.45, 2.75) is 13.3 Å². The van der Waals surface area contributed by atoms with Crippen molar-refractivity contribution in [2.75, 3.05) is 19.8 Å². The van der Waals surface area contributed by atoms with E-state index in [4.69, 9.17) is 15.2 Å². The van der Waals surface area contributed by atoms with E-state index in [0.717, 1.165) is 6.42 Å². The van der Waals surface area contributed by atoms with Gasteiger partial charge in [-0.15, -0.1) is 0 Å². The van der Waals surface area contributed by atoms with Crippen LogP contribution >= 0.6 is 0 Å². The van der Waals surface area contributed by atoms with E-state index in [1.165, 1.54) is 0 Å². The average molecular weight is 197 g/mol. The van der Waals surface area contributed by atoms with E-state index in [2.05, 4.69) is 9.97 Å². The molecule has 14 heavy (non-hydrogen) atoms. The summed E-state index contributed by atoms with van der Waals surface area (Å²) in [7, 11) is 0. The lowest BCUT2D eigenvalue weighted by Gasteiger charge is -2.05. The number of hydrogen-bond donors (Lipinski definition) is 1. The molecule has 5 nitrogen and oxygen atoms in total. The molecule has 1 heterocycles. The predicted octanol–water partition coefficient (Wildman–Crippen LogP) is 0.603. The Morgan fingerprint density at radius 3 is 2.64 bits per heavy atom. The zero-order valence-corrected chi connectivity index (χ0v) is 8.27. The lowest BCUT2D eigenvalue weighted by molar-refractivity contribution is 0.282. The molecule has 0 fully saturated rings. The van der Waals surface area contributed by atoms with E-state index in [0.29, 0.717) is 31.5 Å². The second-order valence-electron chi connectivity index (χ2n) is 2.62. The summed E-state index contributed by atoms with van der Waals surface area (Å²) >= 11 is 0. The highest BCUT2D eigenvalue weighted by Gasteiger charge is 1.99. The van der Waals surface area contributed by atoms with Crippen LogP contribution in [0.4, 0.5) is 0 Å². The molecule has 5 heteroatoms. The van der Waals surface area contributed by atoms with Crippen molar-refractivity contribution < 1.29 is 9.47 Å². The Bertz CT molecular complexity index is 268. The van der Waals surface area contributed by atoms with Crippen molar-refractivity contribution in [1.29, 1.82) is 0 Å². The highest BCUT2D eigenvalue weighted by atomic mass is 16.5. The number of aromatic nitrogens is 2. The van der Waals surface area contributed by atoms with Crippen LogP contribution in [-0.4, -0.2) is 29.7 Å². The fourth-order valence-electron chi connectivity index (χ4n) is 0.878. The second-order valence-corrected chi connectivity index (χ2v) is 2.62. The molecule has 0 saturated heterocycles. The Morgan fingerprint density at radius 2 is 2.00 bits per heavy atom. The SMILES string of the molecule is CCOc1cncc(OCCCN)n1. The number of nitrogens with zero attached hydrogens (tertiary/aromatic N) is 2. The van der Waals surface area contributed by atoms with Crippen molar-refractivity contribution in [3.63, 3.8) is 0 Å². The van der Waals surface area contributed by atoms with Gasteiger partial charge in [0.2, 0.25) is 11.8 Å². The first-order valence-electron chi connectivity index (χ1n) is 4.64. The van der Waals surface area contributed by atoms with Gasteiger partial charge in [0, 0.05) is 0 Å². The summed E-state index contributed by atoms with van der Waals surface area (Å²) in [5, 5.41) is 0. The molecule has 0 aliphatic carbocycles. The monoisotopic (exact) mass is 197 g/mol. The van der Waals surface area contributed by atoms with Crippen LogP contribution in [-0.2, 0) is 0 Å². The van der Waals surface area contributed by atoms with Gasteiger partial charge in [-0.2, -0.15) is 4.98 Å². The highest BCUT2D eigenvalue weighted by Crippen LogP contribution is 2.10. The minimum absolute atomic E-state index is 0.476. The van der Waals surface area contributed by atoms with Crippen molar-refractivity contribution in [1.82, 2.24) is 9.97 Å². The predicted molar refractivity (Wildman–Crippen MR) is 52.4 cm³/mol. The Hall–Kier alpha value is -1.36. The zero-order valence-electron chi connectivity index (χ0n) is 8.27. The molecule has 1 aromatic heterocycles. The van der Waals surface area contributed by atoms with Gasteiger partial charge in [-0.25, -0.2) is 0 Å². The molecule has 0 spiro atoms. The number of nitrogens with two attached hydrogens (primary N) is 1. The van der Waals surface area contributed by atoms with Crippen LogP contribution in [0.3, 0.4) is 0 Å². The fraction of sp³-hybridized carbons (Fsp3) is 0.556. The van der Waals surface area contributed by atoms with Crippen molar-refractivity contribution >= 4 is 0 Å². The molecule has 1 aromatic rings. The maximum absolute atomic E-state index is 5.33. The molecular formula is C9H15N3O2. The van der Waals surface area contributed by atoms with Gasteiger partial charge in [0.05, 0.1) is 25.6 Å². The Labute approximate surface area is 83.3 Å². The van der Waals surface area contributed by atoms with Gasteiger partial charge in [-0.1, -0.05) is 0 Å². The molecule has 0 atom stereocenters. The maximum atomic E-state index is 5.33. The molecule has 0 aromatic carbocycles. The molecule has 1 rings (SSSR count). The molecule has 78 valence electrons. The summed E-state index contributed by atoms with van der Waals surface area (Å²) in [4.78, 5) is 8.02. The van der Waals surface area contributed by atoms with E-state index in [1.54, 1.807) is 12.4 Å². The summed E-state index contributed by atoms with van der Waals surface area (Å²) in [5.41, 5.74) is 5.33. The summed E-state index contributed by atoms with van der Waals surface area (Å²) in [6.07, 6.45) is 3.92. The maximum Gasteiger partial charge on any atom is 0.235 e. The third kappa shape index (κ3) is 3.57. The molecular weight excluding hydrogens is 182 g/mol.